The zero-order valence-corrected chi connectivity index (χ0v) is 15.7. The molecule has 0 saturated carbocycles. The van der Waals surface area contributed by atoms with Gasteiger partial charge >= 0.3 is 6.18 Å². The van der Waals surface area contributed by atoms with E-state index in [0.717, 1.165) is 22.8 Å². The van der Waals surface area contributed by atoms with E-state index in [4.69, 9.17) is 0 Å². The minimum absolute atomic E-state index is 0.178. The van der Waals surface area contributed by atoms with Crippen molar-refractivity contribution in [3.63, 3.8) is 0 Å². The van der Waals surface area contributed by atoms with Crippen LogP contribution in [0.25, 0.3) is 5.52 Å². The third-order valence-electron chi connectivity index (χ3n) is 4.86. The second kappa shape index (κ2) is 6.95. The minimum Gasteiger partial charge on any atom is -0.375 e. The predicted molar refractivity (Wildman–Crippen MR) is 95.6 cm³/mol. The number of halogens is 3. The quantitative estimate of drug-likeness (QED) is 0.719. The Balaban J connectivity index is 1.92. The minimum atomic E-state index is -4.84. The fraction of sp³-hybridized carbons (Fsp3) is 0.421. The second-order valence-electron chi connectivity index (χ2n) is 7.07. The van der Waals surface area contributed by atoms with E-state index in [2.05, 4.69) is 16.4 Å². The van der Waals surface area contributed by atoms with E-state index in [0.29, 0.717) is 5.56 Å². The number of nitrogens with zero attached hydrogens (tertiary/aromatic N) is 5. The Hall–Kier alpha value is -2.86. The summed E-state index contributed by atoms with van der Waals surface area (Å²) >= 11 is 0. The Labute approximate surface area is 159 Å². The van der Waals surface area contributed by atoms with Crippen LogP contribution in [-0.4, -0.2) is 30.7 Å². The molecular weight excluding hydrogens is 371 g/mol. The van der Waals surface area contributed by atoms with Gasteiger partial charge in [0.15, 0.2) is 0 Å². The van der Waals surface area contributed by atoms with Gasteiger partial charge in [-0.3, -0.25) is 0 Å². The van der Waals surface area contributed by atoms with Gasteiger partial charge in [-0.05, 0) is 29.5 Å². The zero-order chi connectivity index (χ0) is 20.7. The topological polar surface area (TPSA) is 79.1 Å². The zero-order valence-electron chi connectivity index (χ0n) is 15.7. The number of aliphatic hydroxyl groups is 1. The highest BCUT2D eigenvalue weighted by atomic mass is 19.4. The van der Waals surface area contributed by atoms with E-state index in [9.17, 15) is 23.5 Å². The van der Waals surface area contributed by atoms with E-state index < -0.39 is 23.9 Å². The molecule has 28 heavy (non-hydrogen) atoms. The number of hydrogen-bond donors (Lipinski definition) is 1. The van der Waals surface area contributed by atoms with Gasteiger partial charge in [0.05, 0.1) is 18.3 Å². The predicted octanol–water partition coefficient (Wildman–Crippen LogP) is 3.73. The summed E-state index contributed by atoms with van der Waals surface area (Å²) < 4.78 is 42.6. The number of hydrogen-bond acceptors (Lipinski definition) is 4. The molecule has 3 heterocycles. The molecule has 0 bridgehead atoms. The Morgan fingerprint density at radius 1 is 1.21 bits per heavy atom. The van der Waals surface area contributed by atoms with Crippen LogP contribution in [0.15, 0.2) is 30.7 Å². The molecule has 0 saturated heterocycles. The van der Waals surface area contributed by atoms with E-state index in [1.54, 1.807) is 12.4 Å². The molecule has 0 spiro atoms. The molecule has 9 heteroatoms. The maximum Gasteiger partial charge on any atom is 0.423 e. The van der Waals surface area contributed by atoms with Gasteiger partial charge in [-0.15, -0.1) is 5.10 Å². The van der Waals surface area contributed by atoms with Crippen molar-refractivity contribution >= 4 is 5.52 Å². The van der Waals surface area contributed by atoms with Crippen LogP contribution in [0.5, 0.6) is 0 Å². The smallest absolute Gasteiger partial charge is 0.375 e. The second-order valence-corrected chi connectivity index (χ2v) is 7.07. The van der Waals surface area contributed by atoms with Gasteiger partial charge in [-0.25, -0.2) is 4.68 Å². The highest BCUT2D eigenvalue weighted by molar-refractivity contribution is 5.64. The summed E-state index contributed by atoms with van der Waals surface area (Å²) in [5.41, 5.74) is -0.330. The van der Waals surface area contributed by atoms with Crippen LogP contribution in [0.1, 0.15) is 55.5 Å². The van der Waals surface area contributed by atoms with Crippen LogP contribution in [-0.2, 0) is 12.1 Å². The van der Waals surface area contributed by atoms with Crippen LogP contribution in [0.2, 0.25) is 0 Å². The molecule has 148 valence electrons. The molecule has 0 aliphatic carbocycles. The number of nitriles is 1. The molecule has 1 N–H and O–H groups in total. The van der Waals surface area contributed by atoms with Crippen LogP contribution in [0, 0.1) is 11.3 Å². The van der Waals surface area contributed by atoms with Gasteiger partial charge in [-0.2, -0.15) is 18.4 Å². The van der Waals surface area contributed by atoms with Crippen molar-refractivity contribution in [3.05, 3.63) is 53.1 Å². The molecular formula is C19H20F3N5O. The molecule has 0 aliphatic heterocycles. The van der Waals surface area contributed by atoms with E-state index in [1.807, 2.05) is 30.4 Å². The number of aromatic nitrogens is 4. The molecule has 0 fully saturated rings. The number of rotatable bonds is 5. The summed E-state index contributed by atoms with van der Waals surface area (Å²) in [6, 6.07) is 5.90. The first-order valence-corrected chi connectivity index (χ1v) is 8.84. The molecule has 6 nitrogen and oxygen atoms in total. The summed E-state index contributed by atoms with van der Waals surface area (Å²) in [5.74, 6) is 0.178. The summed E-state index contributed by atoms with van der Waals surface area (Å²) in [7, 11) is 0. The molecule has 1 atom stereocenters. The highest BCUT2D eigenvalue weighted by Crippen LogP contribution is 2.40. The maximum absolute atomic E-state index is 13.2. The molecule has 3 rings (SSSR count). The van der Waals surface area contributed by atoms with Crippen LogP contribution >= 0.6 is 0 Å². The first-order valence-electron chi connectivity index (χ1n) is 8.84. The van der Waals surface area contributed by atoms with Crippen molar-refractivity contribution in [1.29, 1.82) is 5.26 Å². The average molecular weight is 391 g/mol. The molecule has 0 aliphatic rings. The van der Waals surface area contributed by atoms with Crippen molar-refractivity contribution in [3.8, 4) is 6.07 Å². The third kappa shape index (κ3) is 3.24. The Morgan fingerprint density at radius 3 is 2.50 bits per heavy atom. The monoisotopic (exact) mass is 391 g/mol. The van der Waals surface area contributed by atoms with Crippen LogP contribution < -0.4 is 0 Å². The van der Waals surface area contributed by atoms with Gasteiger partial charge in [0.1, 0.15) is 11.8 Å². The number of alkyl halides is 3. The highest BCUT2D eigenvalue weighted by Gasteiger charge is 2.55. The average Bonchev–Trinajstić information content (AvgIpc) is 3.23. The molecule has 1 unspecified atom stereocenters. The number of pyridine rings is 1. The SMILES string of the molecule is CCC(O)(c1cn(Cc2ccc3c(C(C)C)c(C#N)cn3c2)nn1)C(F)(F)F. The van der Waals surface area contributed by atoms with Crippen LogP contribution in [0.3, 0.4) is 0 Å². The third-order valence-corrected chi connectivity index (χ3v) is 4.86. The summed E-state index contributed by atoms with van der Waals surface area (Å²) in [4.78, 5) is 0. The lowest BCUT2D eigenvalue weighted by molar-refractivity contribution is -0.269. The Bertz CT molecular complexity index is 1040. The van der Waals surface area contributed by atoms with Crippen molar-refractivity contribution in [2.24, 2.45) is 0 Å². The van der Waals surface area contributed by atoms with Gasteiger partial charge in [0, 0.05) is 17.9 Å². The first-order chi connectivity index (χ1) is 13.1. The van der Waals surface area contributed by atoms with Crippen molar-refractivity contribution in [1.82, 2.24) is 19.4 Å². The standard InChI is InChI=1S/C19H20F3N5O/c1-4-18(28,19(20,21)22)16-11-27(25-24-16)9-13-5-6-15-17(12(2)3)14(7-23)10-26(15)8-13/h5-6,8,10-12,28H,4,9H2,1-3H3. The Morgan fingerprint density at radius 2 is 1.93 bits per heavy atom. The Kier molecular flexibility index (Phi) is 4.93. The fourth-order valence-electron chi connectivity index (χ4n) is 3.31. The van der Waals surface area contributed by atoms with Crippen molar-refractivity contribution < 1.29 is 18.3 Å². The maximum atomic E-state index is 13.2. The number of fused-ring (bicyclic) bond motifs is 1. The molecule has 0 aromatic carbocycles. The van der Waals surface area contributed by atoms with Crippen molar-refractivity contribution in [2.75, 3.05) is 0 Å². The fourth-order valence-corrected chi connectivity index (χ4v) is 3.31. The van der Waals surface area contributed by atoms with Crippen LogP contribution in [0.4, 0.5) is 13.2 Å². The van der Waals surface area contributed by atoms with E-state index in [-0.39, 0.29) is 12.5 Å². The van der Waals surface area contributed by atoms with E-state index >= 15 is 0 Å². The lowest BCUT2D eigenvalue weighted by Gasteiger charge is -2.26. The summed E-state index contributed by atoms with van der Waals surface area (Å²) in [6.07, 6.45) is -0.746. The normalized spacial score (nSPS) is 14.4. The molecule has 3 aromatic heterocycles. The molecule has 3 aromatic rings. The summed E-state index contributed by atoms with van der Waals surface area (Å²) in [5, 5.41) is 26.6. The summed E-state index contributed by atoms with van der Waals surface area (Å²) in [6.45, 7) is 5.44. The lowest BCUT2D eigenvalue weighted by atomic mass is 9.96. The first kappa shape index (κ1) is 19.9. The van der Waals surface area contributed by atoms with Gasteiger partial charge in [0.2, 0.25) is 5.60 Å². The molecule has 0 radical (unpaired) electrons. The van der Waals surface area contributed by atoms with E-state index in [1.165, 1.54) is 11.6 Å². The van der Waals surface area contributed by atoms with Crippen molar-refractivity contribution in [2.45, 2.75) is 51.4 Å². The van der Waals surface area contributed by atoms with Gasteiger partial charge in [-0.1, -0.05) is 32.1 Å². The van der Waals surface area contributed by atoms with Gasteiger partial charge < -0.3 is 9.51 Å². The molecule has 0 amide bonds. The lowest BCUT2D eigenvalue weighted by Crippen LogP contribution is -2.42. The van der Waals surface area contributed by atoms with Gasteiger partial charge in [0.25, 0.3) is 0 Å². The largest absolute Gasteiger partial charge is 0.423 e.